The van der Waals surface area contributed by atoms with Crippen LogP contribution >= 0.6 is 15.9 Å². The molecule has 1 rings (SSSR count). The maximum absolute atomic E-state index is 12.9. The van der Waals surface area contributed by atoms with Gasteiger partial charge in [0.2, 0.25) is 5.91 Å². The van der Waals surface area contributed by atoms with Gasteiger partial charge in [-0.3, -0.25) is 4.79 Å². The monoisotopic (exact) mass is 288 g/mol. The van der Waals surface area contributed by atoms with E-state index >= 15 is 0 Å². The van der Waals surface area contributed by atoms with Crippen molar-refractivity contribution in [2.24, 2.45) is 0 Å². The van der Waals surface area contributed by atoms with E-state index in [4.69, 9.17) is 0 Å². The minimum absolute atomic E-state index is 0.194. The number of amides is 1. The van der Waals surface area contributed by atoms with Gasteiger partial charge in [-0.25, -0.2) is 4.39 Å². The van der Waals surface area contributed by atoms with E-state index in [1.54, 1.807) is 6.07 Å². The average Bonchev–Trinajstić information content (AvgIpc) is 2.20. The summed E-state index contributed by atoms with van der Waals surface area (Å²) in [6.45, 7) is 4.11. The highest BCUT2D eigenvalue weighted by molar-refractivity contribution is 9.10. The van der Waals surface area contributed by atoms with Crippen LogP contribution in [0.2, 0.25) is 0 Å². The highest BCUT2D eigenvalue weighted by atomic mass is 79.9. The first-order valence-corrected chi connectivity index (χ1v) is 5.76. The zero-order valence-corrected chi connectivity index (χ0v) is 10.8. The van der Waals surface area contributed by atoms with Crippen molar-refractivity contribution in [3.05, 3.63) is 28.5 Å². The quantitative estimate of drug-likeness (QED) is 0.894. The third kappa shape index (κ3) is 4.28. The Kier molecular flexibility index (Phi) is 4.89. The van der Waals surface area contributed by atoms with Crippen LogP contribution in [-0.4, -0.2) is 18.5 Å². The van der Waals surface area contributed by atoms with Gasteiger partial charge in [0, 0.05) is 10.5 Å². The minimum atomic E-state index is -0.379. The first-order chi connectivity index (χ1) is 7.49. The average molecular weight is 289 g/mol. The van der Waals surface area contributed by atoms with Gasteiger partial charge in [-0.1, -0.05) is 13.8 Å². The van der Waals surface area contributed by atoms with E-state index in [0.29, 0.717) is 10.2 Å². The lowest BCUT2D eigenvalue weighted by Gasteiger charge is -2.10. The number of hydrogen-bond donors (Lipinski definition) is 2. The molecule has 88 valence electrons. The summed E-state index contributed by atoms with van der Waals surface area (Å²) in [5, 5.41) is 5.60. The van der Waals surface area contributed by atoms with Crippen molar-refractivity contribution in [3.8, 4) is 0 Å². The maximum Gasteiger partial charge on any atom is 0.238 e. The Morgan fingerprint density at radius 2 is 2.19 bits per heavy atom. The van der Waals surface area contributed by atoms with E-state index in [2.05, 4.69) is 26.6 Å². The van der Waals surface area contributed by atoms with Crippen LogP contribution < -0.4 is 10.6 Å². The molecule has 5 heteroatoms. The van der Waals surface area contributed by atoms with E-state index < -0.39 is 0 Å². The second-order valence-corrected chi connectivity index (χ2v) is 4.56. The second kappa shape index (κ2) is 5.96. The Morgan fingerprint density at radius 3 is 2.81 bits per heavy atom. The molecule has 0 spiro atoms. The van der Waals surface area contributed by atoms with Crippen LogP contribution in [0.15, 0.2) is 22.7 Å². The lowest BCUT2D eigenvalue weighted by molar-refractivity contribution is -0.115. The Hall–Kier alpha value is -0.940. The van der Waals surface area contributed by atoms with Crippen LogP contribution in [0.5, 0.6) is 0 Å². The number of carbonyl (C=O) groups excluding carboxylic acids is 1. The standard InChI is InChI=1S/C11H14BrFN2O/c1-7(2)14-6-11(16)15-10-5-8(13)3-4-9(10)12/h3-5,7,14H,6H2,1-2H3,(H,15,16). The molecule has 0 aliphatic heterocycles. The molecule has 0 radical (unpaired) electrons. The number of rotatable bonds is 4. The molecule has 0 heterocycles. The first kappa shape index (κ1) is 13.1. The molecule has 1 aromatic rings. The molecule has 0 aromatic heterocycles. The maximum atomic E-state index is 12.9. The van der Waals surface area contributed by atoms with Crippen LogP contribution in [0, 0.1) is 5.82 Å². The zero-order valence-electron chi connectivity index (χ0n) is 9.18. The van der Waals surface area contributed by atoms with Crippen molar-refractivity contribution < 1.29 is 9.18 Å². The fourth-order valence-corrected chi connectivity index (χ4v) is 1.43. The molecular formula is C11H14BrFN2O. The summed E-state index contributed by atoms with van der Waals surface area (Å²) >= 11 is 3.24. The fourth-order valence-electron chi connectivity index (χ4n) is 1.08. The van der Waals surface area contributed by atoms with Gasteiger partial charge in [-0.2, -0.15) is 0 Å². The summed E-state index contributed by atoms with van der Waals surface area (Å²) in [5.41, 5.74) is 0.440. The molecule has 1 amide bonds. The van der Waals surface area contributed by atoms with Crippen molar-refractivity contribution in [2.45, 2.75) is 19.9 Å². The SMILES string of the molecule is CC(C)NCC(=O)Nc1cc(F)ccc1Br. The molecule has 1 aromatic carbocycles. The first-order valence-electron chi connectivity index (χ1n) is 4.97. The predicted molar refractivity (Wildman–Crippen MR) is 65.9 cm³/mol. The van der Waals surface area contributed by atoms with Crippen LogP contribution in [0.4, 0.5) is 10.1 Å². The summed E-state index contributed by atoms with van der Waals surface area (Å²) in [6.07, 6.45) is 0. The summed E-state index contributed by atoms with van der Waals surface area (Å²) < 4.78 is 13.6. The van der Waals surface area contributed by atoms with Gasteiger partial charge in [-0.15, -0.1) is 0 Å². The molecule has 16 heavy (non-hydrogen) atoms. The van der Waals surface area contributed by atoms with Gasteiger partial charge in [0.05, 0.1) is 12.2 Å². The third-order valence-electron chi connectivity index (χ3n) is 1.87. The highest BCUT2D eigenvalue weighted by Crippen LogP contribution is 2.22. The van der Waals surface area contributed by atoms with E-state index in [1.165, 1.54) is 12.1 Å². The molecule has 0 bridgehead atoms. The molecule has 2 N–H and O–H groups in total. The Balaban J connectivity index is 2.59. The predicted octanol–water partition coefficient (Wildman–Crippen LogP) is 2.52. The topological polar surface area (TPSA) is 41.1 Å². The number of carbonyl (C=O) groups is 1. The van der Waals surface area contributed by atoms with E-state index in [1.807, 2.05) is 13.8 Å². The van der Waals surface area contributed by atoms with Gasteiger partial charge in [0.25, 0.3) is 0 Å². The molecule has 0 aliphatic rings. The van der Waals surface area contributed by atoms with Gasteiger partial charge in [0.15, 0.2) is 0 Å². The van der Waals surface area contributed by atoms with Crippen molar-refractivity contribution in [2.75, 3.05) is 11.9 Å². The summed E-state index contributed by atoms with van der Waals surface area (Å²) in [4.78, 5) is 11.5. The summed E-state index contributed by atoms with van der Waals surface area (Å²) in [5.74, 6) is -0.574. The molecule has 3 nitrogen and oxygen atoms in total. The van der Waals surface area contributed by atoms with Gasteiger partial charge in [-0.05, 0) is 34.1 Å². The third-order valence-corrected chi connectivity index (χ3v) is 2.56. The van der Waals surface area contributed by atoms with Crippen molar-refractivity contribution in [1.82, 2.24) is 5.32 Å². The van der Waals surface area contributed by atoms with E-state index in [0.717, 1.165) is 0 Å². The Morgan fingerprint density at radius 1 is 1.50 bits per heavy atom. The minimum Gasteiger partial charge on any atom is -0.324 e. The molecule has 0 saturated carbocycles. The van der Waals surface area contributed by atoms with E-state index in [-0.39, 0.29) is 24.3 Å². The van der Waals surface area contributed by atoms with Crippen molar-refractivity contribution >= 4 is 27.5 Å². The van der Waals surface area contributed by atoms with Crippen LogP contribution in [0.25, 0.3) is 0 Å². The summed E-state index contributed by atoms with van der Waals surface area (Å²) in [7, 11) is 0. The molecule has 0 fully saturated rings. The van der Waals surface area contributed by atoms with Crippen LogP contribution in [-0.2, 0) is 4.79 Å². The lowest BCUT2D eigenvalue weighted by Crippen LogP contribution is -2.32. The van der Waals surface area contributed by atoms with Crippen LogP contribution in [0.3, 0.4) is 0 Å². The van der Waals surface area contributed by atoms with Gasteiger partial charge in [0.1, 0.15) is 5.82 Å². The number of halogens is 2. The van der Waals surface area contributed by atoms with Crippen molar-refractivity contribution in [3.63, 3.8) is 0 Å². The Labute approximate surface area is 103 Å². The van der Waals surface area contributed by atoms with Gasteiger partial charge >= 0.3 is 0 Å². The zero-order chi connectivity index (χ0) is 12.1. The normalized spacial score (nSPS) is 10.6. The smallest absolute Gasteiger partial charge is 0.238 e. The second-order valence-electron chi connectivity index (χ2n) is 3.71. The summed E-state index contributed by atoms with van der Waals surface area (Å²) in [6, 6.07) is 4.39. The molecule has 0 unspecified atom stereocenters. The van der Waals surface area contributed by atoms with E-state index in [9.17, 15) is 9.18 Å². The number of benzene rings is 1. The number of hydrogen-bond acceptors (Lipinski definition) is 2. The lowest BCUT2D eigenvalue weighted by atomic mass is 10.3. The fraction of sp³-hybridized carbons (Fsp3) is 0.364. The van der Waals surface area contributed by atoms with Crippen LogP contribution in [0.1, 0.15) is 13.8 Å². The van der Waals surface area contributed by atoms with Crippen molar-refractivity contribution in [1.29, 1.82) is 0 Å². The molecular weight excluding hydrogens is 275 g/mol. The molecule has 0 atom stereocenters. The molecule has 0 saturated heterocycles. The number of nitrogens with one attached hydrogen (secondary N) is 2. The number of anilines is 1. The Bertz CT molecular complexity index is 382. The largest absolute Gasteiger partial charge is 0.324 e. The van der Waals surface area contributed by atoms with Gasteiger partial charge < -0.3 is 10.6 Å². The highest BCUT2D eigenvalue weighted by Gasteiger charge is 2.06. The molecule has 0 aliphatic carbocycles.